The van der Waals surface area contributed by atoms with E-state index in [1.54, 1.807) is 0 Å². The number of benzene rings is 1. The Morgan fingerprint density at radius 2 is 2.20 bits per heavy atom. The predicted octanol–water partition coefficient (Wildman–Crippen LogP) is 1.40. The zero-order chi connectivity index (χ0) is 14.6. The van der Waals surface area contributed by atoms with E-state index < -0.39 is 0 Å². The van der Waals surface area contributed by atoms with E-state index in [4.69, 9.17) is 5.11 Å². The number of hydrogen-bond acceptors (Lipinski definition) is 3. The normalized spacial score (nSPS) is 18.4. The number of aliphatic hydroxyl groups is 1. The smallest absolute Gasteiger partial charge is 0.241 e. The van der Waals surface area contributed by atoms with Gasteiger partial charge in [-0.2, -0.15) is 0 Å². The monoisotopic (exact) mass is 276 g/mol. The summed E-state index contributed by atoms with van der Waals surface area (Å²) in [5.74, 6) is 0.0168. The third-order valence-corrected chi connectivity index (χ3v) is 3.90. The molecular weight excluding hydrogens is 252 g/mol. The van der Waals surface area contributed by atoms with Crippen LogP contribution in [0.4, 0.5) is 0 Å². The first-order valence-corrected chi connectivity index (χ1v) is 7.23. The van der Waals surface area contributed by atoms with Crippen LogP contribution in [0.3, 0.4) is 0 Å². The molecule has 0 saturated heterocycles. The summed E-state index contributed by atoms with van der Waals surface area (Å²) < 4.78 is 0. The Bertz CT molecular complexity index is 471. The SMILES string of the molecule is CC(C)(CCO)CNC(=O)C1NCCc2ccccc21. The lowest BCUT2D eigenvalue weighted by atomic mass is 9.89. The Kier molecular flexibility index (Phi) is 4.78. The van der Waals surface area contributed by atoms with E-state index in [1.807, 2.05) is 32.0 Å². The van der Waals surface area contributed by atoms with Gasteiger partial charge in [0.1, 0.15) is 6.04 Å². The molecule has 1 amide bonds. The summed E-state index contributed by atoms with van der Waals surface area (Å²) in [7, 11) is 0. The lowest BCUT2D eigenvalue weighted by Crippen LogP contribution is -2.44. The van der Waals surface area contributed by atoms with Crippen LogP contribution < -0.4 is 10.6 Å². The zero-order valence-corrected chi connectivity index (χ0v) is 12.3. The summed E-state index contributed by atoms with van der Waals surface area (Å²) in [4.78, 5) is 12.4. The summed E-state index contributed by atoms with van der Waals surface area (Å²) in [6.07, 6.45) is 1.65. The molecule has 20 heavy (non-hydrogen) atoms. The average Bonchev–Trinajstić information content (AvgIpc) is 2.44. The van der Waals surface area contributed by atoms with E-state index in [0.717, 1.165) is 18.5 Å². The largest absolute Gasteiger partial charge is 0.396 e. The first kappa shape index (κ1) is 15.0. The molecule has 2 rings (SSSR count). The molecule has 3 N–H and O–H groups in total. The number of carbonyl (C=O) groups excluding carboxylic acids is 1. The molecule has 0 fully saturated rings. The number of amides is 1. The molecule has 1 unspecified atom stereocenters. The van der Waals surface area contributed by atoms with E-state index >= 15 is 0 Å². The summed E-state index contributed by atoms with van der Waals surface area (Å²) >= 11 is 0. The molecule has 0 saturated carbocycles. The molecule has 0 radical (unpaired) electrons. The maximum Gasteiger partial charge on any atom is 0.241 e. The molecule has 1 aliphatic heterocycles. The number of aliphatic hydroxyl groups excluding tert-OH is 1. The molecule has 0 aromatic heterocycles. The van der Waals surface area contributed by atoms with E-state index in [1.165, 1.54) is 5.56 Å². The lowest BCUT2D eigenvalue weighted by Gasteiger charge is -2.29. The van der Waals surface area contributed by atoms with Gasteiger partial charge in [-0.3, -0.25) is 4.79 Å². The van der Waals surface area contributed by atoms with Gasteiger partial charge in [-0.05, 0) is 29.4 Å². The van der Waals surface area contributed by atoms with Crippen molar-refractivity contribution in [2.24, 2.45) is 5.41 Å². The molecule has 1 heterocycles. The topological polar surface area (TPSA) is 61.4 Å². The Morgan fingerprint density at radius 3 is 2.95 bits per heavy atom. The highest BCUT2D eigenvalue weighted by Crippen LogP contribution is 2.23. The number of carbonyl (C=O) groups is 1. The first-order valence-electron chi connectivity index (χ1n) is 7.23. The van der Waals surface area contributed by atoms with Gasteiger partial charge < -0.3 is 15.7 Å². The second kappa shape index (κ2) is 6.37. The third-order valence-electron chi connectivity index (χ3n) is 3.90. The Hall–Kier alpha value is -1.39. The van der Waals surface area contributed by atoms with Crippen molar-refractivity contribution in [3.05, 3.63) is 35.4 Å². The molecular formula is C16H24N2O2. The molecule has 4 nitrogen and oxygen atoms in total. The van der Waals surface area contributed by atoms with Gasteiger partial charge in [0.2, 0.25) is 5.91 Å². The molecule has 1 aromatic rings. The van der Waals surface area contributed by atoms with Crippen molar-refractivity contribution in [2.75, 3.05) is 19.7 Å². The summed E-state index contributed by atoms with van der Waals surface area (Å²) in [6.45, 7) is 5.65. The van der Waals surface area contributed by atoms with Crippen molar-refractivity contribution in [3.8, 4) is 0 Å². The first-order chi connectivity index (χ1) is 9.53. The van der Waals surface area contributed by atoms with Crippen molar-refractivity contribution in [2.45, 2.75) is 32.7 Å². The van der Waals surface area contributed by atoms with Gasteiger partial charge in [0, 0.05) is 19.7 Å². The van der Waals surface area contributed by atoms with Crippen LogP contribution in [-0.2, 0) is 11.2 Å². The van der Waals surface area contributed by atoms with Crippen molar-refractivity contribution in [1.29, 1.82) is 0 Å². The van der Waals surface area contributed by atoms with E-state index in [2.05, 4.69) is 16.7 Å². The van der Waals surface area contributed by atoms with Crippen LogP contribution in [0.5, 0.6) is 0 Å². The van der Waals surface area contributed by atoms with Crippen molar-refractivity contribution < 1.29 is 9.90 Å². The summed E-state index contributed by atoms with van der Waals surface area (Å²) in [5, 5.41) is 15.3. The predicted molar refractivity (Wildman–Crippen MR) is 79.4 cm³/mol. The van der Waals surface area contributed by atoms with Gasteiger partial charge in [-0.25, -0.2) is 0 Å². The van der Waals surface area contributed by atoms with Crippen LogP contribution in [0.1, 0.15) is 37.4 Å². The van der Waals surface area contributed by atoms with Gasteiger partial charge in [-0.1, -0.05) is 38.1 Å². The van der Waals surface area contributed by atoms with Crippen molar-refractivity contribution in [1.82, 2.24) is 10.6 Å². The number of hydrogen-bond donors (Lipinski definition) is 3. The third kappa shape index (κ3) is 3.58. The maximum atomic E-state index is 12.4. The van der Waals surface area contributed by atoms with Crippen LogP contribution in [0.2, 0.25) is 0 Å². The minimum atomic E-state index is -0.259. The van der Waals surface area contributed by atoms with Gasteiger partial charge >= 0.3 is 0 Å². The second-order valence-corrected chi connectivity index (χ2v) is 6.19. The van der Waals surface area contributed by atoms with Crippen molar-refractivity contribution >= 4 is 5.91 Å². The summed E-state index contributed by atoms with van der Waals surface area (Å²) in [6, 6.07) is 7.84. The van der Waals surface area contributed by atoms with Crippen LogP contribution >= 0.6 is 0 Å². The van der Waals surface area contributed by atoms with Gasteiger partial charge in [-0.15, -0.1) is 0 Å². The minimum absolute atomic E-state index is 0.0168. The molecule has 1 aliphatic rings. The molecule has 4 heteroatoms. The number of fused-ring (bicyclic) bond motifs is 1. The van der Waals surface area contributed by atoms with Gasteiger partial charge in [0.25, 0.3) is 0 Å². The van der Waals surface area contributed by atoms with E-state index in [0.29, 0.717) is 13.0 Å². The lowest BCUT2D eigenvalue weighted by molar-refractivity contribution is -0.124. The molecule has 1 aromatic carbocycles. The quantitative estimate of drug-likeness (QED) is 0.762. The highest BCUT2D eigenvalue weighted by molar-refractivity contribution is 5.84. The van der Waals surface area contributed by atoms with Crippen LogP contribution in [-0.4, -0.2) is 30.7 Å². The highest BCUT2D eigenvalue weighted by atomic mass is 16.3. The fourth-order valence-corrected chi connectivity index (χ4v) is 2.56. The van der Waals surface area contributed by atoms with Gasteiger partial charge in [0.05, 0.1) is 0 Å². The fourth-order valence-electron chi connectivity index (χ4n) is 2.56. The number of nitrogens with one attached hydrogen (secondary N) is 2. The van der Waals surface area contributed by atoms with E-state index in [-0.39, 0.29) is 24.0 Å². The van der Waals surface area contributed by atoms with Gasteiger partial charge in [0.15, 0.2) is 0 Å². The van der Waals surface area contributed by atoms with Crippen LogP contribution in [0.25, 0.3) is 0 Å². The van der Waals surface area contributed by atoms with Crippen LogP contribution in [0, 0.1) is 5.41 Å². The van der Waals surface area contributed by atoms with Crippen molar-refractivity contribution in [3.63, 3.8) is 0 Å². The van der Waals surface area contributed by atoms with Crippen LogP contribution in [0.15, 0.2) is 24.3 Å². The zero-order valence-electron chi connectivity index (χ0n) is 12.3. The Labute approximate surface area is 120 Å². The standard InChI is InChI=1S/C16H24N2O2/c1-16(2,8-10-19)11-18-15(20)14-13-6-4-3-5-12(13)7-9-17-14/h3-6,14,17,19H,7-11H2,1-2H3,(H,18,20). The fraction of sp³-hybridized carbons (Fsp3) is 0.562. The number of rotatable bonds is 5. The Balaban J connectivity index is 2.01. The second-order valence-electron chi connectivity index (χ2n) is 6.19. The molecule has 1 atom stereocenters. The Morgan fingerprint density at radius 1 is 1.45 bits per heavy atom. The maximum absolute atomic E-state index is 12.4. The summed E-state index contributed by atoms with van der Waals surface area (Å²) in [5.41, 5.74) is 2.25. The van der Waals surface area contributed by atoms with E-state index in [9.17, 15) is 4.79 Å². The average molecular weight is 276 g/mol. The molecule has 0 bridgehead atoms. The minimum Gasteiger partial charge on any atom is -0.396 e. The molecule has 110 valence electrons. The molecule has 0 aliphatic carbocycles. The molecule has 0 spiro atoms. The highest BCUT2D eigenvalue weighted by Gasteiger charge is 2.27.